The Morgan fingerprint density at radius 3 is 2.61 bits per heavy atom. The number of nitrogens with one attached hydrogen (secondary N) is 2. The van der Waals surface area contributed by atoms with Crippen LogP contribution in [0.3, 0.4) is 0 Å². The first-order chi connectivity index (χ1) is 13.1. The molecule has 152 valence electrons. The molecule has 1 heterocycles. The molecule has 0 aliphatic carbocycles. The second-order valence-electron chi connectivity index (χ2n) is 5.99. The third-order valence-corrected chi connectivity index (χ3v) is 5.12. The summed E-state index contributed by atoms with van der Waals surface area (Å²) < 4.78 is 46.5. The molecule has 0 bridgehead atoms. The van der Waals surface area contributed by atoms with Crippen molar-refractivity contribution in [2.75, 3.05) is 11.9 Å². The van der Waals surface area contributed by atoms with Crippen LogP contribution >= 0.6 is 0 Å². The van der Waals surface area contributed by atoms with Crippen LogP contribution in [0.2, 0.25) is 0 Å². The smallest absolute Gasteiger partial charge is 0.307 e. The summed E-state index contributed by atoms with van der Waals surface area (Å²) in [5.41, 5.74) is -0.0335. The number of anilines is 1. The lowest BCUT2D eigenvalue weighted by atomic mass is 10.3. The second kappa shape index (κ2) is 8.93. The van der Waals surface area contributed by atoms with Crippen molar-refractivity contribution in [3.05, 3.63) is 42.1 Å². The first kappa shape index (κ1) is 21.5. The molecule has 0 radical (unpaired) electrons. The van der Waals surface area contributed by atoms with E-state index in [9.17, 15) is 22.4 Å². The fourth-order valence-corrected chi connectivity index (χ4v) is 3.19. The van der Waals surface area contributed by atoms with Gasteiger partial charge in [-0.3, -0.25) is 9.59 Å². The predicted octanol–water partition coefficient (Wildman–Crippen LogP) is 1.11. The lowest BCUT2D eigenvalue weighted by Crippen LogP contribution is -2.32. The fourth-order valence-electron chi connectivity index (χ4n) is 2.12. The number of esters is 1. The third kappa shape index (κ3) is 5.60. The first-order valence-electron chi connectivity index (χ1n) is 8.34. The van der Waals surface area contributed by atoms with E-state index in [1.165, 1.54) is 31.3 Å². The van der Waals surface area contributed by atoms with Crippen molar-refractivity contribution in [2.45, 2.75) is 31.4 Å². The Bertz CT molecular complexity index is 954. The van der Waals surface area contributed by atoms with Gasteiger partial charge in [-0.25, -0.2) is 22.5 Å². The number of benzene rings is 1. The molecule has 1 amide bonds. The van der Waals surface area contributed by atoms with Gasteiger partial charge in [0.15, 0.2) is 11.1 Å². The van der Waals surface area contributed by atoms with E-state index < -0.39 is 33.8 Å². The van der Waals surface area contributed by atoms with Crippen LogP contribution in [0.4, 0.5) is 10.1 Å². The molecule has 1 aromatic carbocycles. The van der Waals surface area contributed by atoms with Crippen molar-refractivity contribution in [2.24, 2.45) is 7.05 Å². The van der Waals surface area contributed by atoms with Gasteiger partial charge in [0, 0.05) is 19.8 Å². The van der Waals surface area contributed by atoms with E-state index in [0.29, 0.717) is 5.82 Å². The summed E-state index contributed by atoms with van der Waals surface area (Å²) in [6.45, 7) is 2.76. The quantitative estimate of drug-likeness (QED) is 0.627. The van der Waals surface area contributed by atoms with E-state index in [-0.39, 0.29) is 23.7 Å². The Balaban J connectivity index is 1.81. The zero-order valence-corrected chi connectivity index (χ0v) is 16.4. The summed E-state index contributed by atoms with van der Waals surface area (Å²) in [4.78, 5) is 27.7. The minimum Gasteiger partial charge on any atom is -0.452 e. The summed E-state index contributed by atoms with van der Waals surface area (Å²) >= 11 is 0. The van der Waals surface area contributed by atoms with Crippen molar-refractivity contribution in [1.82, 2.24) is 14.3 Å². The molecule has 1 atom stereocenters. The number of carbonyl (C=O) groups excluding carboxylic acids is 2. The summed E-state index contributed by atoms with van der Waals surface area (Å²) in [6.07, 6.45) is -0.116. The zero-order chi connectivity index (χ0) is 20.9. The van der Waals surface area contributed by atoms with Gasteiger partial charge in [-0.15, -0.1) is 0 Å². The summed E-state index contributed by atoms with van der Waals surface area (Å²) in [7, 11) is -2.20. The summed E-state index contributed by atoms with van der Waals surface area (Å²) in [5.74, 6) is -1.58. The molecular weight excluding hydrogens is 391 g/mol. The molecule has 28 heavy (non-hydrogen) atoms. The Morgan fingerprint density at radius 2 is 2.00 bits per heavy atom. The summed E-state index contributed by atoms with van der Waals surface area (Å²) in [5, 5.41) is 2.16. The Hall–Kier alpha value is -2.79. The standard InChI is InChI=1S/C17H21FN4O5S/c1-11(17(24)21-14-7-5-4-6-13(14)18)27-16(23)8-9-19-28(25,26)15-10-22(3)12(2)20-15/h4-7,10-11,19H,8-9H2,1-3H3,(H,21,24). The highest BCUT2D eigenvalue weighted by molar-refractivity contribution is 7.89. The number of aromatic nitrogens is 2. The summed E-state index contributed by atoms with van der Waals surface area (Å²) in [6, 6.07) is 5.57. The number of aryl methyl sites for hydroxylation is 2. The Morgan fingerprint density at radius 1 is 1.32 bits per heavy atom. The monoisotopic (exact) mass is 412 g/mol. The number of hydrogen-bond donors (Lipinski definition) is 2. The van der Waals surface area contributed by atoms with Crippen molar-refractivity contribution in [3.8, 4) is 0 Å². The van der Waals surface area contributed by atoms with Gasteiger partial charge in [0.2, 0.25) is 0 Å². The topological polar surface area (TPSA) is 119 Å². The number of rotatable bonds is 8. The van der Waals surface area contributed by atoms with Gasteiger partial charge in [-0.05, 0) is 26.0 Å². The van der Waals surface area contributed by atoms with Gasteiger partial charge >= 0.3 is 5.97 Å². The molecule has 1 unspecified atom stereocenters. The lowest BCUT2D eigenvalue weighted by Gasteiger charge is -2.14. The maximum absolute atomic E-state index is 13.5. The van der Waals surface area contributed by atoms with Crippen LogP contribution in [0.25, 0.3) is 0 Å². The zero-order valence-electron chi connectivity index (χ0n) is 15.6. The van der Waals surface area contributed by atoms with Crippen LogP contribution in [0, 0.1) is 12.7 Å². The average molecular weight is 412 g/mol. The Labute approximate surface area is 162 Å². The molecular formula is C17H21FN4O5S. The Kier molecular flexibility index (Phi) is 6.86. The highest BCUT2D eigenvalue weighted by atomic mass is 32.2. The molecule has 2 aromatic rings. The van der Waals surface area contributed by atoms with Crippen LogP contribution in [-0.4, -0.2) is 42.5 Å². The molecule has 0 saturated heterocycles. The number of carbonyl (C=O) groups is 2. The van der Waals surface area contributed by atoms with Gasteiger partial charge in [0.1, 0.15) is 11.6 Å². The van der Waals surface area contributed by atoms with Crippen molar-refractivity contribution in [1.29, 1.82) is 0 Å². The number of ether oxygens (including phenoxy) is 1. The van der Waals surface area contributed by atoms with E-state index in [2.05, 4.69) is 15.0 Å². The minimum absolute atomic E-state index is 0.0335. The largest absolute Gasteiger partial charge is 0.452 e. The normalized spacial score (nSPS) is 12.4. The average Bonchev–Trinajstić information content (AvgIpc) is 2.96. The van der Waals surface area contributed by atoms with Gasteiger partial charge in [-0.2, -0.15) is 0 Å². The van der Waals surface area contributed by atoms with E-state index >= 15 is 0 Å². The SMILES string of the molecule is Cc1nc(S(=O)(=O)NCCC(=O)OC(C)C(=O)Nc2ccccc2F)cn1C. The molecule has 0 spiro atoms. The van der Waals surface area contributed by atoms with E-state index in [1.807, 2.05) is 0 Å². The van der Waals surface area contributed by atoms with Crippen molar-refractivity contribution >= 4 is 27.6 Å². The van der Waals surface area contributed by atoms with Crippen LogP contribution < -0.4 is 10.0 Å². The van der Waals surface area contributed by atoms with Gasteiger partial charge < -0.3 is 14.6 Å². The van der Waals surface area contributed by atoms with Crippen LogP contribution in [0.15, 0.2) is 35.5 Å². The molecule has 9 nitrogen and oxygen atoms in total. The van der Waals surface area contributed by atoms with E-state index in [1.54, 1.807) is 24.6 Å². The molecule has 0 saturated carbocycles. The van der Waals surface area contributed by atoms with Crippen LogP contribution in [0.5, 0.6) is 0 Å². The lowest BCUT2D eigenvalue weighted by molar-refractivity contribution is -0.152. The molecule has 0 aliphatic heterocycles. The third-order valence-electron chi connectivity index (χ3n) is 3.79. The van der Waals surface area contributed by atoms with E-state index in [0.717, 1.165) is 0 Å². The molecule has 2 rings (SSSR count). The number of hydrogen-bond acceptors (Lipinski definition) is 6. The number of amides is 1. The highest BCUT2D eigenvalue weighted by Crippen LogP contribution is 2.13. The van der Waals surface area contributed by atoms with Crippen molar-refractivity contribution in [3.63, 3.8) is 0 Å². The number of imidazole rings is 1. The van der Waals surface area contributed by atoms with Crippen molar-refractivity contribution < 1.29 is 27.1 Å². The second-order valence-corrected chi connectivity index (χ2v) is 7.70. The predicted molar refractivity (Wildman–Crippen MR) is 98.3 cm³/mol. The maximum Gasteiger partial charge on any atom is 0.307 e. The van der Waals surface area contributed by atoms with Crippen LogP contribution in [0.1, 0.15) is 19.2 Å². The number of sulfonamides is 1. The highest BCUT2D eigenvalue weighted by Gasteiger charge is 2.21. The molecule has 2 N–H and O–H groups in total. The first-order valence-corrected chi connectivity index (χ1v) is 9.83. The minimum atomic E-state index is -3.86. The number of para-hydroxylation sites is 1. The van der Waals surface area contributed by atoms with Crippen LogP contribution in [-0.2, 0) is 31.4 Å². The number of nitrogens with zero attached hydrogens (tertiary/aromatic N) is 2. The molecule has 11 heteroatoms. The van der Waals surface area contributed by atoms with Gasteiger partial charge in [-0.1, -0.05) is 12.1 Å². The van der Waals surface area contributed by atoms with Gasteiger partial charge in [0.05, 0.1) is 12.1 Å². The maximum atomic E-state index is 13.5. The molecule has 1 aromatic heterocycles. The molecule has 0 fully saturated rings. The van der Waals surface area contributed by atoms with E-state index in [4.69, 9.17) is 4.74 Å². The molecule has 0 aliphatic rings. The number of halogens is 1. The van der Waals surface area contributed by atoms with Gasteiger partial charge in [0.25, 0.3) is 15.9 Å². The fraction of sp³-hybridized carbons (Fsp3) is 0.353.